The summed E-state index contributed by atoms with van der Waals surface area (Å²) >= 11 is 9.60. The molecule has 29 heavy (non-hydrogen) atoms. The Balaban J connectivity index is 1.57. The lowest BCUT2D eigenvalue weighted by Gasteiger charge is -2.15. The molecule has 10 heteroatoms. The second-order valence-corrected chi connectivity index (χ2v) is 8.82. The van der Waals surface area contributed by atoms with E-state index in [-0.39, 0.29) is 26.4 Å². The number of phenols is 1. The molecule has 1 saturated heterocycles. The van der Waals surface area contributed by atoms with E-state index in [0.29, 0.717) is 5.69 Å². The lowest BCUT2D eigenvalue weighted by molar-refractivity contribution is -0.123. The molecule has 0 spiro atoms. The number of hydrogen-bond acceptors (Lipinski definition) is 6. The van der Waals surface area contributed by atoms with Crippen molar-refractivity contribution in [3.8, 4) is 5.75 Å². The van der Waals surface area contributed by atoms with Crippen LogP contribution in [0.25, 0.3) is 0 Å². The van der Waals surface area contributed by atoms with Crippen LogP contribution in [0.3, 0.4) is 0 Å². The Morgan fingerprint density at radius 1 is 1.28 bits per heavy atom. The number of fused-ring (bicyclic) bond motifs is 1. The van der Waals surface area contributed by atoms with Crippen molar-refractivity contribution in [2.75, 3.05) is 5.32 Å². The Morgan fingerprint density at radius 3 is 2.83 bits per heavy atom. The largest absolute Gasteiger partial charge is 0.508 e. The van der Waals surface area contributed by atoms with Gasteiger partial charge in [-0.15, -0.1) is 0 Å². The van der Waals surface area contributed by atoms with Crippen LogP contribution in [0.4, 0.5) is 5.69 Å². The zero-order valence-corrected chi connectivity index (χ0v) is 17.7. The number of nitrogens with zero attached hydrogens (tertiary/aromatic N) is 1. The number of anilines is 1. The van der Waals surface area contributed by atoms with E-state index in [1.54, 1.807) is 12.1 Å². The van der Waals surface area contributed by atoms with Gasteiger partial charge in [-0.1, -0.05) is 33.8 Å². The Kier molecular flexibility index (Phi) is 5.15. The number of halogens is 1. The third-order valence-electron chi connectivity index (χ3n) is 4.32. The summed E-state index contributed by atoms with van der Waals surface area (Å²) in [7, 11) is 0. The maximum Gasteiger partial charge on any atom is 0.284 e. The minimum atomic E-state index is -0.640. The van der Waals surface area contributed by atoms with E-state index in [1.165, 1.54) is 24.3 Å². The zero-order chi connectivity index (χ0) is 20.7. The van der Waals surface area contributed by atoms with Gasteiger partial charge >= 0.3 is 0 Å². The first-order valence-electron chi connectivity index (χ1n) is 8.32. The van der Waals surface area contributed by atoms with Gasteiger partial charge in [0.05, 0.1) is 10.8 Å². The highest BCUT2D eigenvalue weighted by atomic mass is 79.9. The number of carbonyl (C=O) groups excluding carboxylic acids is 3. The van der Waals surface area contributed by atoms with Crippen molar-refractivity contribution in [3.05, 3.63) is 69.0 Å². The molecular formula is C19H12BrN3O4S2. The first-order chi connectivity index (χ1) is 13.8. The van der Waals surface area contributed by atoms with Gasteiger partial charge in [-0.05, 0) is 60.3 Å². The van der Waals surface area contributed by atoms with Crippen molar-refractivity contribution in [2.24, 2.45) is 0 Å². The van der Waals surface area contributed by atoms with Crippen LogP contribution in [0, 0.1) is 0 Å². The summed E-state index contributed by atoms with van der Waals surface area (Å²) in [6.07, 6.45) is 1.55. The highest BCUT2D eigenvalue weighted by molar-refractivity contribution is 9.10. The minimum Gasteiger partial charge on any atom is -0.508 e. The van der Waals surface area contributed by atoms with E-state index in [2.05, 4.69) is 26.7 Å². The Hall–Kier alpha value is -2.69. The van der Waals surface area contributed by atoms with E-state index >= 15 is 0 Å². The van der Waals surface area contributed by atoms with Gasteiger partial charge in [0.2, 0.25) is 5.91 Å². The molecular weight excluding hydrogens is 478 g/mol. The first kappa shape index (κ1) is 19.6. The number of carbonyl (C=O) groups is 3. The molecule has 0 aromatic heterocycles. The van der Waals surface area contributed by atoms with Crippen LogP contribution in [-0.2, 0) is 9.59 Å². The fraction of sp³-hybridized carbons (Fsp3) is 0.0526. The number of hydrazine groups is 1. The summed E-state index contributed by atoms with van der Waals surface area (Å²) in [5.41, 5.74) is 4.05. The molecule has 2 aliphatic rings. The maximum absolute atomic E-state index is 12.8. The molecule has 1 unspecified atom stereocenters. The Morgan fingerprint density at radius 2 is 2.07 bits per heavy atom. The molecule has 0 radical (unpaired) electrons. The number of thiocarbonyl (C=S) groups is 1. The van der Waals surface area contributed by atoms with Crippen molar-refractivity contribution >= 4 is 67.6 Å². The maximum atomic E-state index is 12.8. The highest BCUT2D eigenvalue weighted by Crippen LogP contribution is 2.39. The Labute approximate surface area is 183 Å². The van der Waals surface area contributed by atoms with E-state index in [1.807, 2.05) is 12.1 Å². The van der Waals surface area contributed by atoms with E-state index < -0.39 is 17.7 Å². The van der Waals surface area contributed by atoms with Gasteiger partial charge in [-0.3, -0.25) is 19.8 Å². The minimum absolute atomic E-state index is 0.0694. The van der Waals surface area contributed by atoms with Gasteiger partial charge in [-0.25, -0.2) is 0 Å². The average Bonchev–Trinajstić information content (AvgIpc) is 3.12. The molecule has 2 aliphatic heterocycles. The van der Waals surface area contributed by atoms with E-state index in [4.69, 9.17) is 12.2 Å². The van der Waals surface area contributed by atoms with Gasteiger partial charge in [0, 0.05) is 15.7 Å². The summed E-state index contributed by atoms with van der Waals surface area (Å²) in [6, 6.07) is 11.1. The number of amides is 3. The highest BCUT2D eigenvalue weighted by Gasteiger charge is 2.37. The SMILES string of the molecule is O=C(NN1C(=O)C(=CC2C(=O)Nc3ccc(Br)cc32)SC1=S)c1cccc(O)c1. The number of rotatable bonds is 3. The molecule has 2 aromatic rings. The normalized spacial score (nSPS) is 19.5. The number of hydrogen-bond donors (Lipinski definition) is 3. The third-order valence-corrected chi connectivity index (χ3v) is 6.14. The van der Waals surface area contributed by atoms with Crippen LogP contribution >= 0.6 is 39.9 Å². The first-order valence-corrected chi connectivity index (χ1v) is 10.3. The second kappa shape index (κ2) is 7.62. The van der Waals surface area contributed by atoms with Crippen molar-refractivity contribution < 1.29 is 19.5 Å². The fourth-order valence-corrected chi connectivity index (χ4v) is 4.53. The molecule has 146 valence electrons. The number of nitrogens with one attached hydrogen (secondary N) is 2. The fourth-order valence-electron chi connectivity index (χ4n) is 2.96. The van der Waals surface area contributed by atoms with E-state index in [0.717, 1.165) is 26.8 Å². The lowest BCUT2D eigenvalue weighted by atomic mass is 10.0. The molecule has 7 nitrogen and oxygen atoms in total. The van der Waals surface area contributed by atoms with Crippen LogP contribution in [0.1, 0.15) is 21.8 Å². The van der Waals surface area contributed by atoms with Crippen LogP contribution in [0.5, 0.6) is 5.75 Å². The lowest BCUT2D eigenvalue weighted by Crippen LogP contribution is -2.44. The summed E-state index contributed by atoms with van der Waals surface area (Å²) in [5.74, 6) is -2.07. The number of phenolic OH excluding ortho intramolecular Hbond substituents is 1. The van der Waals surface area contributed by atoms with Gasteiger partial charge < -0.3 is 10.4 Å². The molecule has 2 aromatic carbocycles. The zero-order valence-electron chi connectivity index (χ0n) is 14.5. The van der Waals surface area contributed by atoms with Gasteiger partial charge in [0.1, 0.15) is 5.75 Å². The monoisotopic (exact) mass is 489 g/mol. The van der Waals surface area contributed by atoms with Crippen LogP contribution < -0.4 is 10.7 Å². The van der Waals surface area contributed by atoms with Crippen LogP contribution in [0.15, 0.2) is 57.9 Å². The standard InChI is InChI=1S/C19H12BrN3O4S2/c20-10-4-5-14-12(7-10)13(17(26)21-14)8-15-18(27)23(19(28)29-15)22-16(25)9-2-1-3-11(24)6-9/h1-8,13,24H,(H,21,26)(H,22,25). The molecule has 4 rings (SSSR count). The predicted octanol–water partition coefficient (Wildman–Crippen LogP) is 3.28. The number of benzene rings is 2. The second-order valence-electron chi connectivity index (χ2n) is 6.23. The molecule has 3 amide bonds. The third kappa shape index (κ3) is 3.78. The Bertz CT molecular complexity index is 1120. The summed E-state index contributed by atoms with van der Waals surface area (Å²) < 4.78 is 0.958. The van der Waals surface area contributed by atoms with Gasteiger partial charge in [0.25, 0.3) is 11.8 Å². The van der Waals surface area contributed by atoms with E-state index in [9.17, 15) is 19.5 Å². The van der Waals surface area contributed by atoms with Crippen molar-refractivity contribution in [1.29, 1.82) is 0 Å². The molecule has 1 fully saturated rings. The van der Waals surface area contributed by atoms with Gasteiger partial charge in [-0.2, -0.15) is 5.01 Å². The predicted molar refractivity (Wildman–Crippen MR) is 116 cm³/mol. The molecule has 0 saturated carbocycles. The summed E-state index contributed by atoms with van der Waals surface area (Å²) in [4.78, 5) is 37.8. The van der Waals surface area contributed by atoms with Crippen LogP contribution in [-0.4, -0.2) is 32.2 Å². The van der Waals surface area contributed by atoms with Crippen molar-refractivity contribution in [1.82, 2.24) is 10.4 Å². The molecule has 0 bridgehead atoms. The summed E-state index contributed by atoms with van der Waals surface area (Å²) in [5, 5.41) is 13.3. The molecule has 2 heterocycles. The summed E-state index contributed by atoms with van der Waals surface area (Å²) in [6.45, 7) is 0. The quantitative estimate of drug-likeness (QED) is 0.452. The van der Waals surface area contributed by atoms with Crippen molar-refractivity contribution in [3.63, 3.8) is 0 Å². The van der Waals surface area contributed by atoms with Crippen LogP contribution in [0.2, 0.25) is 0 Å². The number of aromatic hydroxyl groups is 1. The number of thioether (sulfide) groups is 1. The molecule has 3 N–H and O–H groups in total. The topological polar surface area (TPSA) is 98.7 Å². The van der Waals surface area contributed by atoms with Gasteiger partial charge in [0.15, 0.2) is 4.32 Å². The average molecular weight is 490 g/mol. The van der Waals surface area contributed by atoms with Crippen molar-refractivity contribution in [2.45, 2.75) is 5.92 Å². The molecule has 1 atom stereocenters. The smallest absolute Gasteiger partial charge is 0.284 e. The molecule has 0 aliphatic carbocycles.